The van der Waals surface area contributed by atoms with Crippen molar-refractivity contribution in [2.45, 2.75) is 26.2 Å². The summed E-state index contributed by atoms with van der Waals surface area (Å²) in [6, 6.07) is 12.0. The molecule has 0 aliphatic rings. The molecule has 0 aliphatic carbocycles. The van der Waals surface area contributed by atoms with Gasteiger partial charge in [0, 0.05) is 16.9 Å². The monoisotopic (exact) mass is 288 g/mol. The van der Waals surface area contributed by atoms with E-state index in [1.54, 1.807) is 11.3 Å². The third kappa shape index (κ3) is 4.58. The van der Waals surface area contributed by atoms with Gasteiger partial charge in [0.2, 0.25) is 0 Å². The molecule has 1 heterocycles. The fourth-order valence-corrected chi connectivity index (χ4v) is 2.71. The van der Waals surface area contributed by atoms with E-state index in [4.69, 9.17) is 4.74 Å². The normalized spacial score (nSPS) is 10.7. The minimum atomic E-state index is 0.0548. The summed E-state index contributed by atoms with van der Waals surface area (Å²) in [6.07, 6.45) is 3.06. The molecule has 0 bridgehead atoms. The van der Waals surface area contributed by atoms with Crippen LogP contribution < -0.4 is 0 Å². The Kier molecular flexibility index (Phi) is 5.96. The van der Waals surface area contributed by atoms with E-state index in [0.29, 0.717) is 6.61 Å². The molecule has 0 spiro atoms. The summed E-state index contributed by atoms with van der Waals surface area (Å²) < 4.78 is 5.46. The Labute approximate surface area is 124 Å². The van der Waals surface area contributed by atoms with Crippen LogP contribution in [-0.2, 0) is 17.6 Å². The van der Waals surface area contributed by atoms with E-state index < -0.39 is 0 Å². The molecule has 0 radical (unpaired) electrons. The molecule has 1 aromatic carbocycles. The van der Waals surface area contributed by atoms with Gasteiger partial charge in [-0.1, -0.05) is 43.7 Å². The van der Waals surface area contributed by atoms with Gasteiger partial charge >= 0.3 is 0 Å². The number of benzene rings is 1. The first-order valence-corrected chi connectivity index (χ1v) is 7.90. The zero-order valence-electron chi connectivity index (χ0n) is 11.8. The molecule has 3 heteroatoms. The van der Waals surface area contributed by atoms with E-state index in [1.807, 2.05) is 30.3 Å². The SMILES string of the molecule is CCCc1ccc(C(=O)COCCc2cccs2)cc1. The third-order valence-electron chi connectivity index (χ3n) is 3.12. The molecule has 20 heavy (non-hydrogen) atoms. The number of ketones is 1. The van der Waals surface area contributed by atoms with E-state index in [0.717, 1.165) is 24.8 Å². The molecule has 0 N–H and O–H groups in total. The predicted molar refractivity (Wildman–Crippen MR) is 83.6 cm³/mol. The number of hydrogen-bond donors (Lipinski definition) is 0. The Morgan fingerprint density at radius 2 is 1.95 bits per heavy atom. The van der Waals surface area contributed by atoms with Crippen molar-refractivity contribution in [3.05, 3.63) is 57.8 Å². The molecule has 0 atom stereocenters. The lowest BCUT2D eigenvalue weighted by Crippen LogP contribution is -2.10. The van der Waals surface area contributed by atoms with Crippen LogP contribution in [0.5, 0.6) is 0 Å². The highest BCUT2D eigenvalue weighted by molar-refractivity contribution is 7.09. The molecule has 0 amide bonds. The summed E-state index contributed by atoms with van der Waals surface area (Å²) >= 11 is 1.72. The second kappa shape index (κ2) is 7.98. The maximum absolute atomic E-state index is 12.0. The van der Waals surface area contributed by atoms with Crippen molar-refractivity contribution in [1.29, 1.82) is 0 Å². The van der Waals surface area contributed by atoms with Crippen molar-refractivity contribution < 1.29 is 9.53 Å². The second-order valence-electron chi connectivity index (χ2n) is 4.75. The molecule has 0 saturated heterocycles. The molecule has 0 saturated carbocycles. The maximum Gasteiger partial charge on any atom is 0.188 e. The Hall–Kier alpha value is -1.45. The number of thiophene rings is 1. The van der Waals surface area contributed by atoms with Gasteiger partial charge in [0.25, 0.3) is 0 Å². The highest BCUT2D eigenvalue weighted by atomic mass is 32.1. The molecule has 0 unspecified atom stereocenters. The fraction of sp³-hybridized carbons (Fsp3) is 0.353. The molecular weight excluding hydrogens is 268 g/mol. The lowest BCUT2D eigenvalue weighted by Gasteiger charge is -2.04. The summed E-state index contributed by atoms with van der Waals surface area (Å²) in [5.41, 5.74) is 2.02. The van der Waals surface area contributed by atoms with Crippen LogP contribution in [0.2, 0.25) is 0 Å². The van der Waals surface area contributed by atoms with Crippen molar-refractivity contribution in [2.24, 2.45) is 0 Å². The average Bonchev–Trinajstić information content (AvgIpc) is 2.98. The predicted octanol–water partition coefficient (Wildman–Crippen LogP) is 4.14. The van der Waals surface area contributed by atoms with Crippen LogP contribution >= 0.6 is 11.3 Å². The number of carbonyl (C=O) groups excluding carboxylic acids is 1. The number of Topliss-reactive ketones (excluding diaryl/α,β-unsaturated/α-hetero) is 1. The molecule has 106 valence electrons. The van der Waals surface area contributed by atoms with Gasteiger partial charge < -0.3 is 4.74 Å². The lowest BCUT2D eigenvalue weighted by molar-refractivity contribution is 0.0766. The van der Waals surface area contributed by atoms with Gasteiger partial charge in [-0.05, 0) is 23.4 Å². The van der Waals surface area contributed by atoms with E-state index in [1.165, 1.54) is 10.4 Å². The fourth-order valence-electron chi connectivity index (χ4n) is 2.02. The zero-order valence-corrected chi connectivity index (χ0v) is 12.6. The Bertz CT molecular complexity index is 514. The topological polar surface area (TPSA) is 26.3 Å². The van der Waals surface area contributed by atoms with Gasteiger partial charge in [0.1, 0.15) is 6.61 Å². The van der Waals surface area contributed by atoms with Crippen molar-refractivity contribution in [2.75, 3.05) is 13.2 Å². The Balaban J connectivity index is 1.73. The number of ether oxygens (including phenoxy) is 1. The third-order valence-corrected chi connectivity index (χ3v) is 4.06. The van der Waals surface area contributed by atoms with Crippen molar-refractivity contribution in [3.8, 4) is 0 Å². The minimum Gasteiger partial charge on any atom is -0.373 e. The quantitative estimate of drug-likeness (QED) is 0.539. The van der Waals surface area contributed by atoms with Gasteiger partial charge in [-0.15, -0.1) is 11.3 Å². The van der Waals surface area contributed by atoms with Crippen LogP contribution in [0.15, 0.2) is 41.8 Å². The molecule has 1 aromatic heterocycles. The van der Waals surface area contributed by atoms with Crippen LogP contribution in [0.1, 0.15) is 34.1 Å². The second-order valence-corrected chi connectivity index (χ2v) is 5.78. The van der Waals surface area contributed by atoms with Crippen LogP contribution in [0.4, 0.5) is 0 Å². The van der Waals surface area contributed by atoms with Gasteiger partial charge in [-0.25, -0.2) is 0 Å². The van der Waals surface area contributed by atoms with Crippen molar-refractivity contribution in [1.82, 2.24) is 0 Å². The highest BCUT2D eigenvalue weighted by Crippen LogP contribution is 2.10. The molecule has 0 aliphatic heterocycles. The summed E-state index contributed by atoms with van der Waals surface area (Å²) in [5.74, 6) is 0.0548. The maximum atomic E-state index is 12.0. The first-order valence-electron chi connectivity index (χ1n) is 7.02. The number of aryl methyl sites for hydroxylation is 1. The van der Waals surface area contributed by atoms with Crippen LogP contribution in [0.3, 0.4) is 0 Å². The lowest BCUT2D eigenvalue weighted by atomic mass is 10.1. The van der Waals surface area contributed by atoms with Gasteiger partial charge in [-0.3, -0.25) is 4.79 Å². The number of rotatable bonds is 8. The van der Waals surface area contributed by atoms with E-state index >= 15 is 0 Å². The number of hydrogen-bond acceptors (Lipinski definition) is 3. The summed E-state index contributed by atoms with van der Waals surface area (Å²) in [5, 5.41) is 2.05. The molecule has 0 fully saturated rings. The molecular formula is C17H20O2S. The van der Waals surface area contributed by atoms with Gasteiger partial charge in [0.15, 0.2) is 5.78 Å². The Morgan fingerprint density at radius 1 is 1.15 bits per heavy atom. The first-order chi connectivity index (χ1) is 9.79. The Morgan fingerprint density at radius 3 is 2.60 bits per heavy atom. The van der Waals surface area contributed by atoms with E-state index in [9.17, 15) is 4.79 Å². The minimum absolute atomic E-state index is 0.0548. The number of carbonyl (C=O) groups is 1. The first kappa shape index (κ1) is 14.9. The van der Waals surface area contributed by atoms with Crippen molar-refractivity contribution >= 4 is 17.1 Å². The molecule has 2 aromatic rings. The highest BCUT2D eigenvalue weighted by Gasteiger charge is 2.06. The van der Waals surface area contributed by atoms with Gasteiger partial charge in [-0.2, -0.15) is 0 Å². The van der Waals surface area contributed by atoms with Crippen LogP contribution in [0.25, 0.3) is 0 Å². The largest absolute Gasteiger partial charge is 0.373 e. The van der Waals surface area contributed by atoms with Crippen LogP contribution in [-0.4, -0.2) is 19.0 Å². The summed E-state index contributed by atoms with van der Waals surface area (Å²) in [7, 11) is 0. The smallest absolute Gasteiger partial charge is 0.188 e. The van der Waals surface area contributed by atoms with Gasteiger partial charge in [0.05, 0.1) is 6.61 Å². The standard InChI is InChI=1S/C17H20O2S/c1-2-4-14-6-8-15(9-7-14)17(18)13-19-11-10-16-5-3-12-20-16/h3,5-9,12H,2,4,10-11,13H2,1H3. The molecule has 2 rings (SSSR count). The average molecular weight is 288 g/mol. The summed E-state index contributed by atoms with van der Waals surface area (Å²) in [4.78, 5) is 13.2. The zero-order chi connectivity index (χ0) is 14.2. The van der Waals surface area contributed by atoms with Crippen LogP contribution in [0, 0.1) is 0 Å². The molecule has 2 nitrogen and oxygen atoms in total. The van der Waals surface area contributed by atoms with E-state index in [-0.39, 0.29) is 12.4 Å². The van der Waals surface area contributed by atoms with Crippen molar-refractivity contribution in [3.63, 3.8) is 0 Å². The summed E-state index contributed by atoms with van der Waals surface area (Å²) in [6.45, 7) is 2.92. The van der Waals surface area contributed by atoms with E-state index in [2.05, 4.69) is 18.4 Å².